The van der Waals surface area contributed by atoms with Crippen molar-refractivity contribution in [2.75, 3.05) is 5.32 Å². The lowest BCUT2D eigenvalue weighted by Gasteiger charge is -2.18. The van der Waals surface area contributed by atoms with Gasteiger partial charge >= 0.3 is 0 Å². The van der Waals surface area contributed by atoms with Gasteiger partial charge in [0.2, 0.25) is 0 Å². The van der Waals surface area contributed by atoms with Crippen molar-refractivity contribution in [2.24, 2.45) is 5.92 Å². The van der Waals surface area contributed by atoms with E-state index in [1.54, 1.807) is 35.6 Å². The Balaban J connectivity index is 1.84. The van der Waals surface area contributed by atoms with E-state index in [0.717, 1.165) is 24.8 Å². The predicted octanol–water partition coefficient (Wildman–Crippen LogP) is 3.83. The molecule has 2 aromatic rings. The van der Waals surface area contributed by atoms with E-state index in [9.17, 15) is 9.90 Å². The molecule has 20 heavy (non-hydrogen) atoms. The molecule has 0 bridgehead atoms. The number of para-hydroxylation sites is 2. The summed E-state index contributed by atoms with van der Waals surface area (Å²) in [5.41, 5.74) is 2.42. The molecule has 2 N–H and O–H groups in total. The largest absolute Gasteiger partial charge is 0.506 e. The molecule has 1 atom stereocenters. The topological polar surface area (TPSA) is 49.3 Å². The fraction of sp³-hybridized carbons (Fsp3) is 0.312. The molecule has 1 aromatic carbocycles. The van der Waals surface area contributed by atoms with Gasteiger partial charge in [-0.2, -0.15) is 0 Å². The van der Waals surface area contributed by atoms with Gasteiger partial charge in [0, 0.05) is 10.3 Å². The number of benzene rings is 1. The number of hydrogen-bond donors (Lipinski definition) is 2. The molecule has 3 rings (SSSR count). The molecule has 0 saturated heterocycles. The van der Waals surface area contributed by atoms with Gasteiger partial charge in [-0.3, -0.25) is 4.79 Å². The SMILES string of the molecule is CC1CCc2c(C(=O)Nc3ccccc3O)csc2C1. The standard InChI is InChI=1S/C16H17NO2S/c1-10-6-7-11-12(9-20-15(11)8-10)16(19)17-13-4-2-3-5-14(13)18/h2-5,9-10,18H,6-8H2,1H3,(H,17,19). The quantitative estimate of drug-likeness (QED) is 0.825. The van der Waals surface area contributed by atoms with Crippen molar-refractivity contribution >= 4 is 22.9 Å². The molecule has 4 heteroatoms. The fourth-order valence-corrected chi connectivity index (χ4v) is 3.88. The Kier molecular flexibility index (Phi) is 3.49. The van der Waals surface area contributed by atoms with Gasteiger partial charge in [0.05, 0.1) is 11.3 Å². The molecule has 0 fully saturated rings. The minimum absolute atomic E-state index is 0.0959. The summed E-state index contributed by atoms with van der Waals surface area (Å²) in [5.74, 6) is 0.673. The third-order valence-electron chi connectivity index (χ3n) is 3.80. The van der Waals surface area contributed by atoms with E-state index >= 15 is 0 Å². The number of anilines is 1. The molecular formula is C16H17NO2S. The smallest absolute Gasteiger partial charge is 0.256 e. The number of hydrogen-bond acceptors (Lipinski definition) is 3. The van der Waals surface area contributed by atoms with E-state index in [-0.39, 0.29) is 11.7 Å². The summed E-state index contributed by atoms with van der Waals surface area (Å²) in [7, 11) is 0. The molecule has 0 radical (unpaired) electrons. The summed E-state index contributed by atoms with van der Waals surface area (Å²) in [6.07, 6.45) is 3.19. The molecule has 0 saturated carbocycles. The van der Waals surface area contributed by atoms with Crippen molar-refractivity contribution in [1.82, 2.24) is 0 Å². The predicted molar refractivity (Wildman–Crippen MR) is 81.6 cm³/mol. The molecule has 1 amide bonds. The first kappa shape index (κ1) is 13.2. The Hall–Kier alpha value is -1.81. The zero-order valence-electron chi connectivity index (χ0n) is 11.3. The first-order chi connectivity index (χ1) is 9.65. The maximum Gasteiger partial charge on any atom is 0.256 e. The first-order valence-corrected chi connectivity index (χ1v) is 7.71. The number of amides is 1. The van der Waals surface area contributed by atoms with Crippen LogP contribution in [0.4, 0.5) is 5.69 Å². The number of fused-ring (bicyclic) bond motifs is 1. The molecule has 0 aliphatic heterocycles. The maximum absolute atomic E-state index is 12.4. The van der Waals surface area contributed by atoms with Gasteiger partial charge in [0.15, 0.2) is 0 Å². The minimum Gasteiger partial charge on any atom is -0.506 e. The van der Waals surface area contributed by atoms with Crippen molar-refractivity contribution in [3.8, 4) is 5.75 Å². The second-order valence-corrected chi connectivity index (χ2v) is 6.33. The van der Waals surface area contributed by atoms with E-state index in [4.69, 9.17) is 0 Å². The van der Waals surface area contributed by atoms with Gasteiger partial charge in [0.1, 0.15) is 5.75 Å². The van der Waals surface area contributed by atoms with Gasteiger partial charge in [0.25, 0.3) is 5.91 Å². The third-order valence-corrected chi connectivity index (χ3v) is 4.85. The molecule has 1 heterocycles. The number of phenols is 1. The molecule has 1 unspecified atom stereocenters. The van der Waals surface area contributed by atoms with Crippen molar-refractivity contribution in [3.05, 3.63) is 45.6 Å². The number of carbonyl (C=O) groups is 1. The zero-order chi connectivity index (χ0) is 14.1. The van der Waals surface area contributed by atoms with Crippen molar-refractivity contribution < 1.29 is 9.90 Å². The first-order valence-electron chi connectivity index (χ1n) is 6.83. The number of thiophene rings is 1. The van der Waals surface area contributed by atoms with Gasteiger partial charge in [-0.25, -0.2) is 0 Å². The van der Waals surface area contributed by atoms with Gasteiger partial charge in [-0.05, 0) is 42.9 Å². The van der Waals surface area contributed by atoms with Crippen LogP contribution in [0.5, 0.6) is 5.75 Å². The molecular weight excluding hydrogens is 270 g/mol. The number of carbonyl (C=O) groups excluding carboxylic acids is 1. The van der Waals surface area contributed by atoms with Gasteiger partial charge < -0.3 is 10.4 Å². The van der Waals surface area contributed by atoms with E-state index in [1.165, 1.54) is 10.4 Å². The van der Waals surface area contributed by atoms with Crippen LogP contribution in [-0.2, 0) is 12.8 Å². The number of phenolic OH excluding ortho intramolecular Hbond substituents is 1. The Labute approximate surface area is 122 Å². The summed E-state index contributed by atoms with van der Waals surface area (Å²) >= 11 is 1.68. The summed E-state index contributed by atoms with van der Waals surface area (Å²) in [6, 6.07) is 6.80. The van der Waals surface area contributed by atoms with Crippen LogP contribution in [-0.4, -0.2) is 11.0 Å². The van der Waals surface area contributed by atoms with Gasteiger partial charge in [-0.1, -0.05) is 19.1 Å². The monoisotopic (exact) mass is 287 g/mol. The highest BCUT2D eigenvalue weighted by molar-refractivity contribution is 7.10. The van der Waals surface area contributed by atoms with Crippen LogP contribution in [0.1, 0.15) is 34.1 Å². The summed E-state index contributed by atoms with van der Waals surface area (Å²) in [6.45, 7) is 2.25. The zero-order valence-corrected chi connectivity index (χ0v) is 12.2. The van der Waals surface area contributed by atoms with E-state index in [2.05, 4.69) is 12.2 Å². The lowest BCUT2D eigenvalue weighted by Crippen LogP contribution is -2.16. The normalized spacial score (nSPS) is 17.6. The second-order valence-electron chi connectivity index (χ2n) is 5.37. The molecule has 3 nitrogen and oxygen atoms in total. The fourth-order valence-electron chi connectivity index (χ4n) is 2.64. The summed E-state index contributed by atoms with van der Waals surface area (Å²) < 4.78 is 0. The number of nitrogens with one attached hydrogen (secondary N) is 1. The molecule has 1 aromatic heterocycles. The van der Waals surface area contributed by atoms with Crippen LogP contribution in [0.2, 0.25) is 0 Å². The number of rotatable bonds is 2. The average Bonchev–Trinajstić information content (AvgIpc) is 2.84. The Morgan fingerprint density at radius 1 is 1.40 bits per heavy atom. The lowest BCUT2D eigenvalue weighted by molar-refractivity contribution is 0.102. The highest BCUT2D eigenvalue weighted by atomic mass is 32.1. The van der Waals surface area contributed by atoms with Crippen molar-refractivity contribution in [1.29, 1.82) is 0 Å². The van der Waals surface area contributed by atoms with Crippen LogP contribution in [0.15, 0.2) is 29.6 Å². The van der Waals surface area contributed by atoms with E-state index in [1.807, 2.05) is 5.38 Å². The molecule has 1 aliphatic rings. The van der Waals surface area contributed by atoms with Crippen LogP contribution >= 0.6 is 11.3 Å². The summed E-state index contributed by atoms with van der Waals surface area (Å²) in [4.78, 5) is 13.7. The molecule has 0 spiro atoms. The lowest BCUT2D eigenvalue weighted by atomic mass is 9.88. The van der Waals surface area contributed by atoms with Crippen LogP contribution < -0.4 is 5.32 Å². The Bertz CT molecular complexity index is 648. The minimum atomic E-state index is -0.126. The summed E-state index contributed by atoms with van der Waals surface area (Å²) in [5, 5.41) is 14.5. The Morgan fingerprint density at radius 3 is 3.00 bits per heavy atom. The third kappa shape index (κ3) is 2.43. The average molecular weight is 287 g/mol. The van der Waals surface area contributed by atoms with Gasteiger partial charge in [-0.15, -0.1) is 11.3 Å². The second kappa shape index (κ2) is 5.29. The highest BCUT2D eigenvalue weighted by Crippen LogP contribution is 2.33. The molecule has 1 aliphatic carbocycles. The van der Waals surface area contributed by atoms with Crippen molar-refractivity contribution in [2.45, 2.75) is 26.2 Å². The Morgan fingerprint density at radius 2 is 2.20 bits per heavy atom. The van der Waals surface area contributed by atoms with Crippen LogP contribution in [0.25, 0.3) is 0 Å². The number of aromatic hydroxyl groups is 1. The van der Waals surface area contributed by atoms with E-state index < -0.39 is 0 Å². The van der Waals surface area contributed by atoms with Crippen LogP contribution in [0, 0.1) is 5.92 Å². The maximum atomic E-state index is 12.4. The van der Waals surface area contributed by atoms with E-state index in [0.29, 0.717) is 11.6 Å². The van der Waals surface area contributed by atoms with Crippen molar-refractivity contribution in [3.63, 3.8) is 0 Å². The highest BCUT2D eigenvalue weighted by Gasteiger charge is 2.23. The van der Waals surface area contributed by atoms with Crippen LogP contribution in [0.3, 0.4) is 0 Å². The molecule has 104 valence electrons.